The first kappa shape index (κ1) is 41.0. The number of anilines is 1. The summed E-state index contributed by atoms with van der Waals surface area (Å²) in [5, 5.41) is 2.63. The van der Waals surface area contributed by atoms with Gasteiger partial charge in [0.15, 0.2) is 11.6 Å². The van der Waals surface area contributed by atoms with E-state index in [2.05, 4.69) is 112 Å². The minimum Gasteiger partial charge on any atom is -0.494 e. The van der Waals surface area contributed by atoms with Crippen LogP contribution in [0.25, 0.3) is 0 Å². The van der Waals surface area contributed by atoms with E-state index in [1.807, 2.05) is 0 Å². The summed E-state index contributed by atoms with van der Waals surface area (Å²) in [4.78, 5) is 19.9. The number of nitrogens with zero attached hydrogens (tertiary/aromatic N) is 4. The van der Waals surface area contributed by atoms with Crippen molar-refractivity contribution in [1.82, 2.24) is 14.1 Å². The molecule has 4 fully saturated rings. The molecule has 7 nitrogen and oxygen atoms in total. The number of carbonyl (C=O) groups is 1. The van der Waals surface area contributed by atoms with Gasteiger partial charge in [-0.1, -0.05) is 59.2 Å². The van der Waals surface area contributed by atoms with Crippen molar-refractivity contribution < 1.29 is 13.9 Å². The first-order valence-corrected chi connectivity index (χ1v) is 20.9. The SMILES string of the molecule is C/C=S1/CCC(C(N)=O)N1Cc1cc(CN(Cc2c(Cl)ccc(OC)c2F)[C@H](CN(C)C)CC(C)(C)C)cc(N(C)C23CC(C)CC(C2)C3(C)C)c1. The highest BCUT2D eigenvalue weighted by Gasteiger charge is 2.64. The normalized spacial score (nSPS) is 26.5. The van der Waals surface area contributed by atoms with E-state index in [0.29, 0.717) is 36.1 Å². The van der Waals surface area contributed by atoms with E-state index in [0.717, 1.165) is 31.1 Å². The van der Waals surface area contributed by atoms with E-state index in [4.69, 9.17) is 22.1 Å². The van der Waals surface area contributed by atoms with Crippen LogP contribution in [0, 0.1) is 28.5 Å². The van der Waals surface area contributed by atoms with Gasteiger partial charge in [-0.3, -0.25) is 9.69 Å². The molecule has 290 valence electrons. The Kier molecular flexibility index (Phi) is 12.5. The van der Waals surface area contributed by atoms with Crippen LogP contribution in [0.15, 0.2) is 30.3 Å². The lowest BCUT2D eigenvalue weighted by atomic mass is 9.41. The average molecular weight is 759 g/mol. The second-order valence-electron chi connectivity index (χ2n) is 18.0. The molecule has 4 aliphatic rings. The lowest BCUT2D eigenvalue weighted by molar-refractivity contribution is -0.121. The number of likely N-dealkylation sites (N-methyl/N-ethyl adjacent to an activating group) is 1. The molecular formula is C42H65ClFN5O2S. The highest BCUT2D eigenvalue weighted by Crippen LogP contribution is 2.66. The van der Waals surface area contributed by atoms with Crippen molar-refractivity contribution in [3.8, 4) is 5.75 Å². The summed E-state index contributed by atoms with van der Waals surface area (Å²) in [6, 6.07) is 10.2. The van der Waals surface area contributed by atoms with Crippen molar-refractivity contribution in [2.24, 2.45) is 28.4 Å². The van der Waals surface area contributed by atoms with Gasteiger partial charge in [-0.15, -0.1) is 10.7 Å². The van der Waals surface area contributed by atoms with E-state index >= 15 is 4.39 Å². The molecule has 2 aromatic carbocycles. The van der Waals surface area contributed by atoms with E-state index in [1.165, 1.54) is 43.2 Å². The average Bonchev–Trinajstić information content (AvgIpc) is 3.46. The second kappa shape index (κ2) is 15.9. The van der Waals surface area contributed by atoms with Gasteiger partial charge in [-0.25, -0.2) is 8.70 Å². The summed E-state index contributed by atoms with van der Waals surface area (Å²) in [6.07, 6.45) is 5.38. The number of halogens is 2. The van der Waals surface area contributed by atoms with Crippen LogP contribution in [0.4, 0.5) is 10.1 Å². The van der Waals surface area contributed by atoms with Gasteiger partial charge in [-0.05, 0) is 117 Å². The van der Waals surface area contributed by atoms with Crippen LogP contribution in [0.5, 0.6) is 5.75 Å². The monoisotopic (exact) mass is 757 g/mol. The Morgan fingerprint density at radius 1 is 1.15 bits per heavy atom. The fraction of sp³-hybridized carbons (Fsp3) is 0.667. The van der Waals surface area contributed by atoms with Crippen LogP contribution in [0.2, 0.25) is 5.02 Å². The zero-order chi connectivity index (χ0) is 38.3. The number of hydrogen-bond donors (Lipinski definition) is 1. The third kappa shape index (κ3) is 8.39. The van der Waals surface area contributed by atoms with E-state index in [9.17, 15) is 4.79 Å². The maximum Gasteiger partial charge on any atom is 0.235 e. The van der Waals surface area contributed by atoms with Gasteiger partial charge in [0.05, 0.1) is 13.2 Å². The summed E-state index contributed by atoms with van der Waals surface area (Å²) < 4.78 is 23.7. The van der Waals surface area contributed by atoms with Gasteiger partial charge in [-0.2, -0.15) is 0 Å². The molecule has 52 heavy (non-hydrogen) atoms. The van der Waals surface area contributed by atoms with Crippen LogP contribution in [0.3, 0.4) is 0 Å². The second-order valence-corrected chi connectivity index (χ2v) is 20.6. The number of benzene rings is 2. The zero-order valence-electron chi connectivity index (χ0n) is 33.7. The Hall–Kier alpha value is -2.17. The minimum atomic E-state index is -0.407. The number of amides is 1. The van der Waals surface area contributed by atoms with Gasteiger partial charge in [0, 0.05) is 66.8 Å². The standard InChI is InChI=1S/C42H65ClFN5O2S/c1-12-52-16-15-36(39(45)50)49(52)25-30-18-29(19-32(20-30)47(10)42-21-28(2)17-31(22-42)41(42,6)7)24-48(33(26-46(8)9)23-40(3,4)5)27-34-35(43)13-14-37(51-11)38(34)44/h12-14,18-20,28,31,33,36H,15-17,21-27H2,1-11H3,(H2,45,50)/t28?,31?,33-,36?,42?,52?/m0/s1. The van der Waals surface area contributed by atoms with Crippen molar-refractivity contribution in [2.45, 2.75) is 118 Å². The molecule has 1 saturated heterocycles. The fourth-order valence-electron chi connectivity index (χ4n) is 9.75. The Bertz CT molecular complexity index is 1640. The summed E-state index contributed by atoms with van der Waals surface area (Å²) in [5.74, 6) is 1.90. The van der Waals surface area contributed by atoms with Gasteiger partial charge >= 0.3 is 0 Å². The Labute approximate surface area is 321 Å². The maximum absolute atomic E-state index is 16.0. The fourth-order valence-corrected chi connectivity index (χ4v) is 12.0. The lowest BCUT2D eigenvalue weighted by Gasteiger charge is -2.70. The van der Waals surface area contributed by atoms with E-state index in [1.54, 1.807) is 12.1 Å². The van der Waals surface area contributed by atoms with Crippen LogP contribution >= 0.6 is 22.3 Å². The predicted molar refractivity (Wildman–Crippen MR) is 219 cm³/mol. The molecule has 10 heteroatoms. The van der Waals surface area contributed by atoms with E-state index < -0.39 is 5.82 Å². The van der Waals surface area contributed by atoms with Crippen molar-refractivity contribution in [3.05, 3.63) is 57.9 Å². The highest BCUT2D eigenvalue weighted by atomic mass is 35.5. The van der Waals surface area contributed by atoms with E-state index in [-0.39, 0.29) is 50.8 Å². The molecule has 0 aromatic heterocycles. The third-order valence-corrected chi connectivity index (χ3v) is 15.0. The molecule has 0 spiro atoms. The Morgan fingerprint density at radius 3 is 2.44 bits per heavy atom. The Morgan fingerprint density at radius 2 is 1.85 bits per heavy atom. The van der Waals surface area contributed by atoms with Crippen molar-refractivity contribution in [2.75, 3.05) is 45.5 Å². The number of nitrogens with two attached hydrogens (primary N) is 1. The maximum atomic E-state index is 16.0. The summed E-state index contributed by atoms with van der Waals surface area (Å²) >= 11 is 6.76. The van der Waals surface area contributed by atoms with Gasteiger partial charge < -0.3 is 20.3 Å². The first-order chi connectivity index (χ1) is 24.3. The molecule has 1 amide bonds. The molecule has 6 atom stereocenters. The number of ether oxygens (including phenoxy) is 1. The van der Waals surface area contributed by atoms with Crippen LogP contribution < -0.4 is 15.4 Å². The summed E-state index contributed by atoms with van der Waals surface area (Å²) in [7, 11) is 7.86. The number of fused-ring (bicyclic) bond motifs is 2. The topological polar surface area (TPSA) is 65.3 Å². The van der Waals surface area contributed by atoms with Crippen LogP contribution in [0.1, 0.15) is 97.3 Å². The minimum absolute atomic E-state index is 0.0399. The first-order valence-electron chi connectivity index (χ1n) is 19.1. The molecule has 3 aliphatic carbocycles. The van der Waals surface area contributed by atoms with Gasteiger partial charge in [0.1, 0.15) is 0 Å². The molecule has 2 N–H and O–H groups in total. The molecule has 1 aliphatic heterocycles. The van der Waals surface area contributed by atoms with Crippen molar-refractivity contribution >= 4 is 39.2 Å². The molecule has 5 unspecified atom stereocenters. The van der Waals surface area contributed by atoms with Crippen molar-refractivity contribution in [3.63, 3.8) is 0 Å². The molecule has 2 aromatic rings. The Balaban J connectivity index is 1.62. The molecular weight excluding hydrogens is 693 g/mol. The highest BCUT2D eigenvalue weighted by molar-refractivity contribution is 8.13. The van der Waals surface area contributed by atoms with Crippen LogP contribution in [-0.4, -0.2) is 83.6 Å². The largest absolute Gasteiger partial charge is 0.494 e. The smallest absolute Gasteiger partial charge is 0.235 e. The molecule has 1 heterocycles. The van der Waals surface area contributed by atoms with Gasteiger partial charge in [0.25, 0.3) is 0 Å². The predicted octanol–water partition coefficient (Wildman–Crippen LogP) is 8.57. The number of primary amides is 1. The molecule has 3 saturated carbocycles. The number of carbonyl (C=O) groups excluding carboxylic acids is 1. The summed E-state index contributed by atoms with van der Waals surface area (Å²) in [6.45, 7) is 18.6. The third-order valence-electron chi connectivity index (χ3n) is 12.5. The van der Waals surface area contributed by atoms with Gasteiger partial charge in [0.2, 0.25) is 5.91 Å². The number of rotatable bonds is 14. The lowest BCUT2D eigenvalue weighted by Crippen LogP contribution is -2.72. The molecule has 6 rings (SSSR count). The number of methoxy groups -OCH3 is 1. The van der Waals surface area contributed by atoms with Crippen molar-refractivity contribution in [1.29, 1.82) is 0 Å². The van der Waals surface area contributed by atoms with Crippen LogP contribution in [-0.2, 0) is 24.4 Å². The quantitative estimate of drug-likeness (QED) is 0.195. The number of hydrogen-bond acceptors (Lipinski definition) is 6. The molecule has 0 radical (unpaired) electrons. The molecule has 2 bridgehead atoms. The summed E-state index contributed by atoms with van der Waals surface area (Å²) in [5.41, 5.74) is 10.3. The zero-order valence-corrected chi connectivity index (χ0v) is 35.3.